The largest absolute Gasteiger partial charge is 0.424 e. The van der Waals surface area contributed by atoms with Crippen molar-refractivity contribution in [2.45, 2.75) is 82.7 Å². The van der Waals surface area contributed by atoms with E-state index in [-0.39, 0.29) is 5.25 Å². The van der Waals surface area contributed by atoms with Crippen LogP contribution in [0.4, 0.5) is 0 Å². The lowest BCUT2D eigenvalue weighted by Crippen LogP contribution is -2.15. The van der Waals surface area contributed by atoms with Gasteiger partial charge in [-0.05, 0) is 32.6 Å². The Morgan fingerprint density at radius 1 is 1.08 bits per heavy atom. The van der Waals surface area contributed by atoms with Gasteiger partial charge < -0.3 is 8.98 Å². The predicted molar refractivity (Wildman–Crippen MR) is 94.0 cm³/mol. The van der Waals surface area contributed by atoms with Crippen molar-refractivity contribution >= 4 is 11.8 Å². The molecule has 2 heterocycles. The van der Waals surface area contributed by atoms with E-state index in [0.29, 0.717) is 17.9 Å². The van der Waals surface area contributed by atoms with Crippen molar-refractivity contribution in [2.75, 3.05) is 0 Å². The molecule has 0 spiro atoms. The summed E-state index contributed by atoms with van der Waals surface area (Å²) in [6.07, 6.45) is 7.20. The summed E-state index contributed by atoms with van der Waals surface area (Å²) in [5, 5.41) is 18.1. The van der Waals surface area contributed by atoms with Crippen LogP contribution >= 0.6 is 11.8 Å². The minimum Gasteiger partial charge on any atom is -0.424 e. The summed E-state index contributed by atoms with van der Waals surface area (Å²) in [6.45, 7) is 8.44. The normalized spacial score (nSPS) is 17.5. The van der Waals surface area contributed by atoms with Crippen LogP contribution in [0.2, 0.25) is 0 Å². The van der Waals surface area contributed by atoms with Crippen LogP contribution < -0.4 is 0 Å². The highest BCUT2D eigenvalue weighted by atomic mass is 32.2. The Bertz CT molecular complexity index is 660. The molecule has 0 radical (unpaired) electrons. The van der Waals surface area contributed by atoms with Crippen LogP contribution in [-0.2, 0) is 6.42 Å². The van der Waals surface area contributed by atoms with Crippen LogP contribution in [-0.4, -0.2) is 25.0 Å². The smallest absolute Gasteiger partial charge is 0.229 e. The van der Waals surface area contributed by atoms with Gasteiger partial charge in [-0.25, -0.2) is 0 Å². The summed E-state index contributed by atoms with van der Waals surface area (Å²) in [7, 11) is 0. The van der Waals surface area contributed by atoms with Crippen molar-refractivity contribution < 1.29 is 4.42 Å². The highest BCUT2D eigenvalue weighted by Gasteiger charge is 2.24. The molecule has 1 aliphatic rings. The van der Waals surface area contributed by atoms with Gasteiger partial charge in [-0.15, -0.1) is 20.4 Å². The molecule has 24 heavy (non-hydrogen) atoms. The molecule has 1 atom stereocenters. The summed E-state index contributed by atoms with van der Waals surface area (Å²) in [5.74, 6) is 2.91. The first kappa shape index (κ1) is 17.5. The monoisotopic (exact) mass is 349 g/mol. The van der Waals surface area contributed by atoms with E-state index in [9.17, 15) is 0 Å². The lowest BCUT2D eigenvalue weighted by atomic mass is 9.95. The molecule has 7 heteroatoms. The van der Waals surface area contributed by atoms with Crippen molar-refractivity contribution in [3.63, 3.8) is 0 Å². The first-order chi connectivity index (χ1) is 11.5. The third kappa shape index (κ3) is 3.99. The Kier molecular flexibility index (Phi) is 5.58. The first-order valence-electron chi connectivity index (χ1n) is 8.95. The topological polar surface area (TPSA) is 69.6 Å². The van der Waals surface area contributed by atoms with Gasteiger partial charge in [0.25, 0.3) is 0 Å². The summed E-state index contributed by atoms with van der Waals surface area (Å²) in [6, 6.07) is 0.530. The van der Waals surface area contributed by atoms with Crippen LogP contribution in [0.3, 0.4) is 0 Å². The molecule has 0 N–H and O–H groups in total. The molecule has 2 aromatic heterocycles. The summed E-state index contributed by atoms with van der Waals surface area (Å²) < 4.78 is 8.13. The Balaban J connectivity index is 1.72. The van der Waals surface area contributed by atoms with Gasteiger partial charge in [0.05, 0.1) is 5.25 Å². The maximum Gasteiger partial charge on any atom is 0.229 e. The lowest BCUT2D eigenvalue weighted by molar-refractivity contribution is 0.331. The third-order valence-corrected chi connectivity index (χ3v) is 5.51. The molecule has 0 amide bonds. The summed E-state index contributed by atoms with van der Waals surface area (Å²) in [5.41, 5.74) is 0. The highest BCUT2D eigenvalue weighted by molar-refractivity contribution is 7.99. The van der Waals surface area contributed by atoms with Crippen LogP contribution in [0.5, 0.6) is 0 Å². The fourth-order valence-electron chi connectivity index (χ4n) is 3.26. The minimum atomic E-state index is 0.0735. The highest BCUT2D eigenvalue weighted by Crippen LogP contribution is 2.37. The number of rotatable bonds is 6. The number of aryl methyl sites for hydroxylation is 1. The second-order valence-electron chi connectivity index (χ2n) is 7.08. The molecule has 1 saturated carbocycles. The van der Waals surface area contributed by atoms with Crippen LogP contribution in [0.1, 0.15) is 81.8 Å². The Morgan fingerprint density at radius 3 is 2.54 bits per heavy atom. The second kappa shape index (κ2) is 7.68. The van der Waals surface area contributed by atoms with Gasteiger partial charge >= 0.3 is 0 Å². The van der Waals surface area contributed by atoms with Gasteiger partial charge in [0.15, 0.2) is 5.16 Å². The van der Waals surface area contributed by atoms with Crippen LogP contribution in [0.25, 0.3) is 0 Å². The molecule has 2 aromatic rings. The predicted octanol–water partition coefficient (Wildman–Crippen LogP) is 4.53. The molecule has 0 aliphatic heterocycles. The number of aromatic nitrogens is 5. The molecule has 132 valence electrons. The second-order valence-corrected chi connectivity index (χ2v) is 8.39. The zero-order valence-electron chi connectivity index (χ0n) is 15.0. The molecular weight excluding hydrogens is 322 g/mol. The maximum atomic E-state index is 5.82. The van der Waals surface area contributed by atoms with Crippen molar-refractivity contribution in [1.29, 1.82) is 0 Å². The molecule has 6 nitrogen and oxygen atoms in total. The van der Waals surface area contributed by atoms with Gasteiger partial charge in [0.1, 0.15) is 5.82 Å². The van der Waals surface area contributed by atoms with E-state index in [0.717, 1.165) is 23.3 Å². The molecule has 0 saturated heterocycles. The average molecular weight is 350 g/mol. The van der Waals surface area contributed by atoms with Gasteiger partial charge in [-0.3, -0.25) is 0 Å². The summed E-state index contributed by atoms with van der Waals surface area (Å²) in [4.78, 5) is 0. The van der Waals surface area contributed by atoms with E-state index < -0.39 is 0 Å². The van der Waals surface area contributed by atoms with E-state index in [4.69, 9.17) is 4.42 Å². The summed E-state index contributed by atoms with van der Waals surface area (Å²) >= 11 is 1.66. The number of thioether (sulfide) groups is 1. The zero-order chi connectivity index (χ0) is 17.1. The van der Waals surface area contributed by atoms with E-state index in [2.05, 4.69) is 45.7 Å². The Morgan fingerprint density at radius 2 is 1.83 bits per heavy atom. The fraction of sp³-hybridized carbons (Fsp3) is 0.765. The average Bonchev–Trinajstić information content (AvgIpc) is 3.15. The molecule has 0 aromatic carbocycles. The van der Waals surface area contributed by atoms with Gasteiger partial charge in [0, 0.05) is 12.5 Å². The van der Waals surface area contributed by atoms with E-state index >= 15 is 0 Å². The van der Waals surface area contributed by atoms with E-state index in [1.54, 1.807) is 11.8 Å². The standard InChI is InChI=1S/C17H27N5OS/c1-11(2)10-15-19-20-16(23-15)12(3)24-17-21-18-13(4)22(17)14-8-6-5-7-9-14/h11-12,14H,5-10H2,1-4H3/t12-/m0/s1. The fourth-order valence-corrected chi connectivity index (χ4v) is 4.26. The molecule has 0 bridgehead atoms. The minimum absolute atomic E-state index is 0.0735. The van der Waals surface area contributed by atoms with Crippen molar-refractivity contribution in [3.8, 4) is 0 Å². The molecule has 3 rings (SSSR count). The van der Waals surface area contributed by atoms with Gasteiger partial charge in [-0.1, -0.05) is 44.9 Å². The number of hydrogen-bond donors (Lipinski definition) is 0. The van der Waals surface area contributed by atoms with Crippen LogP contribution in [0, 0.1) is 12.8 Å². The van der Waals surface area contributed by atoms with E-state index in [1.165, 1.54) is 32.1 Å². The molecular formula is C17H27N5OS. The van der Waals surface area contributed by atoms with Gasteiger partial charge in [-0.2, -0.15) is 0 Å². The molecule has 1 aliphatic carbocycles. The Hall–Kier alpha value is -1.37. The van der Waals surface area contributed by atoms with Crippen molar-refractivity contribution in [3.05, 3.63) is 17.6 Å². The maximum absolute atomic E-state index is 5.82. The Labute approximate surface area is 147 Å². The first-order valence-corrected chi connectivity index (χ1v) is 9.83. The number of hydrogen-bond acceptors (Lipinski definition) is 6. The molecule has 0 unspecified atom stereocenters. The van der Waals surface area contributed by atoms with Crippen molar-refractivity contribution in [2.24, 2.45) is 5.92 Å². The van der Waals surface area contributed by atoms with Crippen molar-refractivity contribution in [1.82, 2.24) is 25.0 Å². The van der Waals surface area contributed by atoms with Crippen LogP contribution in [0.15, 0.2) is 9.57 Å². The van der Waals surface area contributed by atoms with Gasteiger partial charge in [0.2, 0.25) is 11.8 Å². The van der Waals surface area contributed by atoms with E-state index in [1.807, 2.05) is 6.92 Å². The third-order valence-electron chi connectivity index (χ3n) is 4.47. The number of nitrogens with zero attached hydrogens (tertiary/aromatic N) is 5. The molecule has 1 fully saturated rings. The lowest BCUT2D eigenvalue weighted by Gasteiger charge is -2.25. The quantitative estimate of drug-likeness (QED) is 0.714. The SMILES string of the molecule is Cc1nnc(S[C@@H](C)c2nnc(CC(C)C)o2)n1C1CCCCC1. The zero-order valence-corrected chi connectivity index (χ0v) is 15.8.